The van der Waals surface area contributed by atoms with E-state index in [1.165, 1.54) is 0 Å². The summed E-state index contributed by atoms with van der Waals surface area (Å²) in [7, 11) is 0. The van der Waals surface area contributed by atoms with Crippen molar-refractivity contribution < 1.29 is 4.74 Å². The quantitative estimate of drug-likeness (QED) is 0.712. The van der Waals surface area contributed by atoms with Gasteiger partial charge in [0.05, 0.1) is 13.2 Å². The van der Waals surface area contributed by atoms with Gasteiger partial charge in [-0.3, -0.25) is 9.80 Å². The number of nitrogens with zero attached hydrogens (tertiary/aromatic N) is 5. The highest BCUT2D eigenvalue weighted by Crippen LogP contribution is 2.16. The lowest BCUT2D eigenvalue weighted by Crippen LogP contribution is -2.47. The molecule has 24 heavy (non-hydrogen) atoms. The standard InChI is InChI=1S/C17H28N6O/c1-2-24-13-12-23-16(20-15-4-3-6-19-17(15)23)14-22-10-8-21(7-5-18)9-11-22/h3-4,6H,2,5,7-14,18H2,1H3. The minimum absolute atomic E-state index is 0.690. The molecule has 0 aliphatic carbocycles. The zero-order chi connectivity index (χ0) is 16.8. The number of hydrogen-bond donors (Lipinski definition) is 1. The Kier molecular flexibility index (Phi) is 6.14. The lowest BCUT2D eigenvalue weighted by molar-refractivity contribution is 0.122. The van der Waals surface area contributed by atoms with E-state index in [9.17, 15) is 0 Å². The van der Waals surface area contributed by atoms with Gasteiger partial charge in [0.15, 0.2) is 5.65 Å². The summed E-state index contributed by atoms with van der Waals surface area (Å²) < 4.78 is 7.74. The van der Waals surface area contributed by atoms with E-state index in [1.807, 2.05) is 25.3 Å². The third-order valence-electron chi connectivity index (χ3n) is 4.52. The Morgan fingerprint density at radius 1 is 1.17 bits per heavy atom. The van der Waals surface area contributed by atoms with Crippen molar-refractivity contribution in [2.45, 2.75) is 20.0 Å². The minimum Gasteiger partial charge on any atom is -0.380 e. The number of nitrogens with two attached hydrogens (primary N) is 1. The van der Waals surface area contributed by atoms with Crippen molar-refractivity contribution in [2.24, 2.45) is 5.73 Å². The van der Waals surface area contributed by atoms with Gasteiger partial charge in [-0.1, -0.05) is 0 Å². The third-order valence-corrected chi connectivity index (χ3v) is 4.52. The fourth-order valence-corrected chi connectivity index (χ4v) is 3.21. The summed E-state index contributed by atoms with van der Waals surface area (Å²) in [4.78, 5) is 14.2. The monoisotopic (exact) mass is 332 g/mol. The lowest BCUT2D eigenvalue weighted by atomic mass is 10.3. The maximum atomic E-state index is 5.65. The zero-order valence-electron chi connectivity index (χ0n) is 14.5. The molecular formula is C17H28N6O. The number of imidazole rings is 1. The van der Waals surface area contributed by atoms with Crippen LogP contribution in [0.4, 0.5) is 0 Å². The molecule has 0 radical (unpaired) electrons. The molecule has 1 saturated heterocycles. The molecule has 0 saturated carbocycles. The van der Waals surface area contributed by atoms with Gasteiger partial charge >= 0.3 is 0 Å². The van der Waals surface area contributed by atoms with E-state index in [-0.39, 0.29) is 0 Å². The largest absolute Gasteiger partial charge is 0.380 e. The van der Waals surface area contributed by atoms with Crippen molar-refractivity contribution in [1.82, 2.24) is 24.3 Å². The predicted octanol–water partition coefficient (Wildman–Crippen LogP) is 0.544. The first-order valence-corrected chi connectivity index (χ1v) is 8.84. The van der Waals surface area contributed by atoms with E-state index in [1.54, 1.807) is 0 Å². The summed E-state index contributed by atoms with van der Waals surface area (Å²) in [5, 5.41) is 0. The molecule has 0 atom stereocenters. The molecule has 0 bridgehead atoms. The molecule has 3 rings (SSSR count). The molecule has 2 N–H and O–H groups in total. The van der Waals surface area contributed by atoms with Gasteiger partial charge in [0.1, 0.15) is 11.3 Å². The molecular weight excluding hydrogens is 304 g/mol. The van der Waals surface area contributed by atoms with Crippen molar-refractivity contribution in [1.29, 1.82) is 0 Å². The molecule has 0 amide bonds. The van der Waals surface area contributed by atoms with Crippen LogP contribution in [0.15, 0.2) is 18.3 Å². The average molecular weight is 332 g/mol. The van der Waals surface area contributed by atoms with Crippen LogP contribution in [-0.2, 0) is 17.8 Å². The fraction of sp³-hybridized carbons (Fsp3) is 0.647. The number of ether oxygens (including phenoxy) is 1. The Bertz CT molecular complexity index is 635. The van der Waals surface area contributed by atoms with Crippen LogP contribution in [0.3, 0.4) is 0 Å². The second-order valence-electron chi connectivity index (χ2n) is 6.13. The molecule has 132 valence electrons. The molecule has 0 aromatic carbocycles. The molecule has 1 aliphatic heterocycles. The molecule has 1 aliphatic rings. The van der Waals surface area contributed by atoms with Crippen LogP contribution >= 0.6 is 0 Å². The highest BCUT2D eigenvalue weighted by molar-refractivity contribution is 5.71. The molecule has 7 heteroatoms. The van der Waals surface area contributed by atoms with E-state index in [0.717, 1.165) is 76.0 Å². The highest BCUT2D eigenvalue weighted by atomic mass is 16.5. The van der Waals surface area contributed by atoms with Crippen LogP contribution in [-0.4, -0.2) is 76.8 Å². The number of pyridine rings is 1. The van der Waals surface area contributed by atoms with Crippen LogP contribution in [0, 0.1) is 0 Å². The topological polar surface area (TPSA) is 72.4 Å². The van der Waals surface area contributed by atoms with Crippen LogP contribution in [0.5, 0.6) is 0 Å². The summed E-state index contributed by atoms with van der Waals surface area (Å²) in [5.74, 6) is 1.08. The van der Waals surface area contributed by atoms with Gasteiger partial charge in [-0.25, -0.2) is 9.97 Å². The van der Waals surface area contributed by atoms with Gasteiger partial charge in [0, 0.05) is 58.6 Å². The van der Waals surface area contributed by atoms with Crippen molar-refractivity contribution in [3.63, 3.8) is 0 Å². The van der Waals surface area contributed by atoms with E-state index in [2.05, 4.69) is 19.4 Å². The first kappa shape index (κ1) is 17.3. The van der Waals surface area contributed by atoms with Gasteiger partial charge in [-0.2, -0.15) is 0 Å². The molecule has 2 aromatic heterocycles. The Morgan fingerprint density at radius 3 is 2.71 bits per heavy atom. The molecule has 3 heterocycles. The number of aromatic nitrogens is 3. The van der Waals surface area contributed by atoms with Crippen LogP contribution in [0.25, 0.3) is 11.2 Å². The summed E-state index contributed by atoms with van der Waals surface area (Å²) in [6, 6.07) is 3.97. The molecule has 7 nitrogen and oxygen atoms in total. The maximum Gasteiger partial charge on any atom is 0.160 e. The van der Waals surface area contributed by atoms with Gasteiger partial charge in [0.25, 0.3) is 0 Å². The second kappa shape index (κ2) is 8.53. The minimum atomic E-state index is 0.690. The summed E-state index contributed by atoms with van der Waals surface area (Å²) >= 11 is 0. The van der Waals surface area contributed by atoms with Gasteiger partial charge < -0.3 is 15.0 Å². The van der Waals surface area contributed by atoms with Crippen molar-refractivity contribution in [2.75, 3.05) is 52.5 Å². The van der Waals surface area contributed by atoms with E-state index >= 15 is 0 Å². The number of fused-ring (bicyclic) bond motifs is 1. The normalized spacial score (nSPS) is 16.9. The van der Waals surface area contributed by atoms with Crippen LogP contribution in [0.1, 0.15) is 12.7 Å². The first-order chi connectivity index (χ1) is 11.8. The van der Waals surface area contributed by atoms with E-state index in [4.69, 9.17) is 15.5 Å². The Morgan fingerprint density at radius 2 is 1.96 bits per heavy atom. The lowest BCUT2D eigenvalue weighted by Gasteiger charge is -2.34. The summed E-state index contributed by atoms with van der Waals surface area (Å²) in [6.45, 7) is 11.1. The average Bonchev–Trinajstić information content (AvgIpc) is 2.95. The highest BCUT2D eigenvalue weighted by Gasteiger charge is 2.19. The number of rotatable bonds is 8. The molecule has 1 fully saturated rings. The maximum absolute atomic E-state index is 5.65. The molecule has 0 spiro atoms. The van der Waals surface area contributed by atoms with Gasteiger partial charge in [0.2, 0.25) is 0 Å². The Labute approximate surface area is 143 Å². The SMILES string of the molecule is CCOCCn1c(CN2CCN(CCN)CC2)nc2cccnc21. The third kappa shape index (κ3) is 4.10. The van der Waals surface area contributed by atoms with Gasteiger partial charge in [-0.05, 0) is 19.1 Å². The number of piperazine rings is 1. The van der Waals surface area contributed by atoms with Crippen molar-refractivity contribution in [3.8, 4) is 0 Å². The van der Waals surface area contributed by atoms with Crippen molar-refractivity contribution >= 4 is 11.2 Å². The number of hydrogen-bond acceptors (Lipinski definition) is 6. The first-order valence-electron chi connectivity index (χ1n) is 8.84. The molecule has 0 unspecified atom stereocenters. The predicted molar refractivity (Wildman–Crippen MR) is 94.8 cm³/mol. The second-order valence-corrected chi connectivity index (χ2v) is 6.13. The van der Waals surface area contributed by atoms with Crippen molar-refractivity contribution in [3.05, 3.63) is 24.2 Å². The summed E-state index contributed by atoms with van der Waals surface area (Å²) in [6.07, 6.45) is 1.83. The van der Waals surface area contributed by atoms with Crippen LogP contribution in [0.2, 0.25) is 0 Å². The van der Waals surface area contributed by atoms with E-state index < -0.39 is 0 Å². The zero-order valence-corrected chi connectivity index (χ0v) is 14.5. The fourth-order valence-electron chi connectivity index (χ4n) is 3.21. The van der Waals surface area contributed by atoms with Gasteiger partial charge in [-0.15, -0.1) is 0 Å². The summed E-state index contributed by atoms with van der Waals surface area (Å²) in [5.41, 5.74) is 7.57. The van der Waals surface area contributed by atoms with E-state index in [0.29, 0.717) is 6.61 Å². The smallest absolute Gasteiger partial charge is 0.160 e. The molecule has 2 aromatic rings. The Balaban J connectivity index is 1.70. The Hall–Kier alpha value is -1.54. The van der Waals surface area contributed by atoms with Crippen LogP contribution < -0.4 is 5.73 Å².